The Morgan fingerprint density at radius 3 is 1.08 bits per heavy atom. The van der Waals surface area contributed by atoms with E-state index in [9.17, 15) is 0 Å². The van der Waals surface area contributed by atoms with Crippen LogP contribution in [0.5, 0.6) is 0 Å². The van der Waals surface area contributed by atoms with Crippen LogP contribution < -0.4 is 5.32 Å². The van der Waals surface area contributed by atoms with Gasteiger partial charge in [0.2, 0.25) is 0 Å². The molecule has 0 saturated carbocycles. The molecule has 0 aliphatic carbocycles. The van der Waals surface area contributed by atoms with Crippen molar-refractivity contribution in [3.8, 4) is 0 Å². The first-order chi connectivity index (χ1) is 12.1. The first kappa shape index (κ1) is 25.2. The van der Waals surface area contributed by atoms with Crippen molar-refractivity contribution in [1.29, 1.82) is 0 Å². The van der Waals surface area contributed by atoms with Crippen molar-refractivity contribution in [3.63, 3.8) is 0 Å². The maximum absolute atomic E-state index is 5.42. The fourth-order valence-corrected chi connectivity index (χ4v) is 6.36. The van der Waals surface area contributed by atoms with E-state index in [-0.39, 0.29) is 0 Å². The summed E-state index contributed by atoms with van der Waals surface area (Å²) in [6.45, 7) is 2.10. The van der Waals surface area contributed by atoms with Crippen LogP contribution in [-0.2, 0) is 26.6 Å². The summed E-state index contributed by atoms with van der Waals surface area (Å²) < 4.78 is 32.5. The Bertz CT molecular complexity index is 260. The van der Waals surface area contributed by atoms with Gasteiger partial charge in [0.05, 0.1) is 0 Å². The van der Waals surface area contributed by atoms with Crippen LogP contribution in [0, 0.1) is 0 Å². The molecule has 0 saturated heterocycles. The molecule has 1 N–H and O–H groups in total. The van der Waals surface area contributed by atoms with Crippen molar-refractivity contribution in [1.82, 2.24) is 5.32 Å². The van der Waals surface area contributed by atoms with Crippen LogP contribution in [0.15, 0.2) is 0 Å². The zero-order valence-electron chi connectivity index (χ0n) is 17.0. The van der Waals surface area contributed by atoms with Crippen LogP contribution in [0.2, 0.25) is 12.1 Å². The van der Waals surface area contributed by atoms with Crippen LogP contribution in [0.1, 0.15) is 38.5 Å². The SMILES string of the molecule is CO[Si](CCCCCNCCCCC[Si](OC)(OC)OC)(OC)OC. The molecule has 0 atom stereocenters. The molecule has 9 heteroatoms. The number of hydrogen-bond donors (Lipinski definition) is 1. The van der Waals surface area contributed by atoms with Crippen LogP contribution in [0.25, 0.3) is 0 Å². The molecule has 0 spiro atoms. The van der Waals surface area contributed by atoms with E-state index in [1.165, 1.54) is 0 Å². The van der Waals surface area contributed by atoms with Gasteiger partial charge in [0.25, 0.3) is 0 Å². The maximum Gasteiger partial charge on any atom is 0.500 e. The lowest BCUT2D eigenvalue weighted by Gasteiger charge is -2.24. The van der Waals surface area contributed by atoms with E-state index >= 15 is 0 Å². The van der Waals surface area contributed by atoms with Gasteiger partial charge in [0.1, 0.15) is 0 Å². The molecule has 0 heterocycles. The predicted molar refractivity (Wildman–Crippen MR) is 104 cm³/mol. The fourth-order valence-electron chi connectivity index (χ4n) is 2.77. The zero-order valence-corrected chi connectivity index (χ0v) is 19.0. The molecule has 0 aromatic carbocycles. The lowest BCUT2D eigenvalue weighted by Crippen LogP contribution is -2.42. The summed E-state index contributed by atoms with van der Waals surface area (Å²) in [6, 6.07) is 1.75. The lowest BCUT2D eigenvalue weighted by atomic mass is 10.2. The van der Waals surface area contributed by atoms with Crippen LogP contribution in [-0.4, -0.2) is 73.4 Å². The molecule has 0 fully saturated rings. The molecule has 0 aromatic rings. The van der Waals surface area contributed by atoms with Crippen LogP contribution in [0.4, 0.5) is 0 Å². The number of hydrogen-bond acceptors (Lipinski definition) is 7. The molecule has 0 aromatic heterocycles. The van der Waals surface area contributed by atoms with E-state index < -0.39 is 17.6 Å². The molecule has 0 amide bonds. The van der Waals surface area contributed by atoms with Gasteiger partial charge in [-0.2, -0.15) is 0 Å². The summed E-state index contributed by atoms with van der Waals surface area (Å²) in [7, 11) is 5.23. The molecular formula is C16H39NO6Si2. The predicted octanol–water partition coefficient (Wildman–Crippen LogP) is 2.67. The van der Waals surface area contributed by atoms with Crippen LogP contribution in [0.3, 0.4) is 0 Å². The van der Waals surface area contributed by atoms with Crippen molar-refractivity contribution in [3.05, 3.63) is 0 Å². The van der Waals surface area contributed by atoms with E-state index in [4.69, 9.17) is 26.6 Å². The Morgan fingerprint density at radius 1 is 0.480 bits per heavy atom. The summed E-state index contributed by atoms with van der Waals surface area (Å²) in [5.41, 5.74) is 0. The van der Waals surface area contributed by atoms with Gasteiger partial charge in [-0.25, -0.2) is 0 Å². The third kappa shape index (κ3) is 10.2. The van der Waals surface area contributed by atoms with E-state index in [0.717, 1.165) is 63.7 Å². The highest BCUT2D eigenvalue weighted by atomic mass is 28.4. The van der Waals surface area contributed by atoms with E-state index in [1.807, 2.05) is 0 Å². The normalized spacial score (nSPS) is 12.7. The third-order valence-corrected chi connectivity index (χ3v) is 10.2. The van der Waals surface area contributed by atoms with Gasteiger partial charge in [0, 0.05) is 54.7 Å². The third-order valence-electron chi connectivity index (χ3n) is 4.54. The second kappa shape index (κ2) is 15.2. The molecule has 0 rings (SSSR count). The topological polar surface area (TPSA) is 67.4 Å². The van der Waals surface area contributed by atoms with Gasteiger partial charge in [-0.05, 0) is 38.8 Å². The Labute approximate surface area is 156 Å². The summed E-state index contributed by atoms with van der Waals surface area (Å²) >= 11 is 0. The first-order valence-electron chi connectivity index (χ1n) is 9.09. The minimum atomic E-state index is -2.38. The fraction of sp³-hybridized carbons (Fsp3) is 1.00. The monoisotopic (exact) mass is 397 g/mol. The summed E-state index contributed by atoms with van der Waals surface area (Å²) in [6.07, 6.45) is 6.77. The van der Waals surface area contributed by atoms with Gasteiger partial charge in [0.15, 0.2) is 0 Å². The molecule has 0 aliphatic heterocycles. The van der Waals surface area contributed by atoms with Crippen molar-refractivity contribution < 1.29 is 26.6 Å². The summed E-state index contributed by atoms with van der Waals surface area (Å²) in [5, 5.41) is 3.50. The Morgan fingerprint density at radius 2 is 0.800 bits per heavy atom. The molecule has 0 radical (unpaired) electrons. The number of rotatable bonds is 18. The number of nitrogens with one attached hydrogen (secondary N) is 1. The quantitative estimate of drug-likeness (QED) is 0.282. The van der Waals surface area contributed by atoms with Crippen molar-refractivity contribution in [2.45, 2.75) is 50.6 Å². The molecule has 7 nitrogen and oxygen atoms in total. The van der Waals surface area contributed by atoms with Crippen molar-refractivity contribution in [2.24, 2.45) is 0 Å². The molecule has 0 bridgehead atoms. The lowest BCUT2D eigenvalue weighted by molar-refractivity contribution is 0.122. The Hall–Kier alpha value is 0.154. The second-order valence-corrected chi connectivity index (χ2v) is 12.1. The number of unbranched alkanes of at least 4 members (excludes halogenated alkanes) is 4. The average molecular weight is 398 g/mol. The van der Waals surface area contributed by atoms with E-state index in [1.54, 1.807) is 42.7 Å². The van der Waals surface area contributed by atoms with E-state index in [0.29, 0.717) is 0 Å². The molecule has 0 unspecified atom stereocenters. The zero-order chi connectivity index (χ0) is 19.0. The van der Waals surface area contributed by atoms with Crippen molar-refractivity contribution >= 4 is 17.6 Å². The van der Waals surface area contributed by atoms with Crippen molar-refractivity contribution in [2.75, 3.05) is 55.7 Å². The van der Waals surface area contributed by atoms with Gasteiger partial charge in [-0.1, -0.05) is 12.8 Å². The summed E-state index contributed by atoms with van der Waals surface area (Å²) in [4.78, 5) is 0. The molecule has 0 aliphatic rings. The highest BCUT2D eigenvalue weighted by Crippen LogP contribution is 2.17. The van der Waals surface area contributed by atoms with Gasteiger partial charge >= 0.3 is 17.6 Å². The molecule has 152 valence electrons. The minimum Gasteiger partial charge on any atom is -0.377 e. The highest BCUT2D eigenvalue weighted by Gasteiger charge is 2.37. The standard InChI is InChI=1S/C16H39NO6Si2/c1-18-24(19-2,20-3)15-11-7-9-13-17-14-10-8-12-16-25(21-4,22-5)23-6/h17H,7-16H2,1-6H3. The first-order valence-corrected chi connectivity index (χ1v) is 13.0. The van der Waals surface area contributed by atoms with E-state index in [2.05, 4.69) is 5.32 Å². The smallest absolute Gasteiger partial charge is 0.377 e. The minimum absolute atomic E-state index is 0.876. The Balaban J connectivity index is 3.54. The maximum atomic E-state index is 5.42. The second-order valence-electron chi connectivity index (χ2n) is 5.96. The average Bonchev–Trinajstić information content (AvgIpc) is 2.67. The highest BCUT2D eigenvalue weighted by molar-refractivity contribution is 6.60. The molecular weight excluding hydrogens is 358 g/mol. The Kier molecular flexibility index (Phi) is 15.3. The van der Waals surface area contributed by atoms with Gasteiger partial charge in [-0.15, -0.1) is 0 Å². The van der Waals surface area contributed by atoms with Gasteiger partial charge in [-0.3, -0.25) is 0 Å². The van der Waals surface area contributed by atoms with Gasteiger partial charge < -0.3 is 31.9 Å². The van der Waals surface area contributed by atoms with Crippen LogP contribution >= 0.6 is 0 Å². The molecule has 25 heavy (non-hydrogen) atoms. The summed E-state index contributed by atoms with van der Waals surface area (Å²) in [5.74, 6) is 0. The largest absolute Gasteiger partial charge is 0.500 e.